The van der Waals surface area contributed by atoms with Crippen LogP contribution in [0, 0.1) is 6.92 Å². The predicted octanol–water partition coefficient (Wildman–Crippen LogP) is 2.35. The second-order valence-corrected chi connectivity index (χ2v) is 8.87. The summed E-state index contributed by atoms with van der Waals surface area (Å²) in [6, 6.07) is 6.08. The molecule has 1 rings (SSSR count). The smallest absolute Gasteiger partial charge is 0.319 e. The number of ether oxygens (including phenoxy) is 1. The number of hydrogen-bond acceptors (Lipinski definition) is 6. The van der Waals surface area contributed by atoms with Gasteiger partial charge in [-0.3, -0.25) is 4.55 Å². The van der Waals surface area contributed by atoms with E-state index in [1.165, 1.54) is 5.56 Å². The molecule has 1 aromatic rings. The summed E-state index contributed by atoms with van der Waals surface area (Å²) < 4.78 is 35.3. The molecule has 0 aliphatic carbocycles. The second-order valence-electron chi connectivity index (χ2n) is 5.40. The lowest BCUT2D eigenvalue weighted by Crippen LogP contribution is -2.19. The molecule has 0 aromatic heterocycles. The van der Waals surface area contributed by atoms with E-state index in [2.05, 4.69) is 23.2 Å². The Kier molecular flexibility index (Phi) is 8.75. The average Bonchev–Trinajstić information content (AvgIpc) is 2.45. The van der Waals surface area contributed by atoms with Crippen molar-refractivity contribution in [3.8, 4) is 5.75 Å². The number of unbranched alkanes of at least 4 members (excludes halogenated alkanes) is 1. The van der Waals surface area contributed by atoms with Crippen LogP contribution in [-0.4, -0.2) is 52.5 Å². The molecule has 0 spiro atoms. The highest BCUT2D eigenvalue weighted by atomic mass is 33.1. The van der Waals surface area contributed by atoms with E-state index in [9.17, 15) is 8.42 Å². The summed E-state index contributed by atoms with van der Waals surface area (Å²) in [6.45, 7) is 4.07. The van der Waals surface area contributed by atoms with Crippen molar-refractivity contribution in [1.82, 2.24) is 5.32 Å². The van der Waals surface area contributed by atoms with E-state index in [4.69, 9.17) is 9.29 Å². The van der Waals surface area contributed by atoms with Gasteiger partial charge in [0.25, 0.3) is 0 Å². The molecule has 0 amide bonds. The molecule has 1 aromatic carbocycles. The summed E-state index contributed by atoms with van der Waals surface area (Å²) >= 11 is 0. The molecule has 0 saturated carbocycles. The fourth-order valence-electron chi connectivity index (χ4n) is 2.05. The van der Waals surface area contributed by atoms with Gasteiger partial charge in [-0.1, -0.05) is 6.07 Å². The van der Waals surface area contributed by atoms with E-state index >= 15 is 0 Å². The summed E-state index contributed by atoms with van der Waals surface area (Å²) in [6.07, 6.45) is 1.87. The summed E-state index contributed by atoms with van der Waals surface area (Å²) in [5, 5.41) is 3.13. The Hall–Kier alpha value is -0.960. The Morgan fingerprint density at radius 3 is 2.65 bits per heavy atom. The van der Waals surface area contributed by atoms with E-state index < -0.39 is 9.15 Å². The van der Waals surface area contributed by atoms with E-state index in [-0.39, 0.29) is 0 Å². The van der Waals surface area contributed by atoms with Gasteiger partial charge < -0.3 is 15.0 Å². The fourth-order valence-corrected chi connectivity index (χ4v) is 3.37. The fraction of sp³-hybridized carbons (Fsp3) is 0.600. The van der Waals surface area contributed by atoms with Crippen molar-refractivity contribution in [2.45, 2.75) is 19.8 Å². The number of benzene rings is 1. The van der Waals surface area contributed by atoms with Crippen LogP contribution < -0.4 is 15.0 Å². The minimum absolute atomic E-state index is 0.339. The molecule has 132 valence electrons. The van der Waals surface area contributed by atoms with Crippen LogP contribution in [0.3, 0.4) is 0 Å². The third kappa shape index (κ3) is 9.04. The molecule has 23 heavy (non-hydrogen) atoms. The van der Waals surface area contributed by atoms with E-state index in [1.54, 1.807) is 0 Å². The Morgan fingerprint density at radius 1 is 1.26 bits per heavy atom. The van der Waals surface area contributed by atoms with Gasteiger partial charge in [-0.25, -0.2) is 0 Å². The van der Waals surface area contributed by atoms with Crippen LogP contribution in [0.2, 0.25) is 0 Å². The molecule has 0 atom stereocenters. The largest absolute Gasteiger partial charge is 0.494 e. The lowest BCUT2D eigenvalue weighted by molar-refractivity contribution is 0.306. The van der Waals surface area contributed by atoms with Crippen LogP contribution in [-0.2, 0) is 9.15 Å². The SMILES string of the molecule is Cc1ccc(OCCCCNCCSS(=O)(=O)O)cc1N(C)C. The molecule has 0 heterocycles. The first-order valence-electron chi connectivity index (χ1n) is 7.53. The van der Waals surface area contributed by atoms with Crippen LogP contribution in [0.5, 0.6) is 5.75 Å². The van der Waals surface area contributed by atoms with Gasteiger partial charge >= 0.3 is 9.15 Å². The highest BCUT2D eigenvalue weighted by Gasteiger charge is 2.04. The van der Waals surface area contributed by atoms with E-state index in [0.29, 0.717) is 29.7 Å². The summed E-state index contributed by atoms with van der Waals surface area (Å²) in [4.78, 5) is 2.07. The Morgan fingerprint density at radius 2 is 2.00 bits per heavy atom. The topological polar surface area (TPSA) is 78.9 Å². The molecule has 6 nitrogen and oxygen atoms in total. The quantitative estimate of drug-likeness (QED) is 0.355. The minimum Gasteiger partial charge on any atom is -0.494 e. The molecule has 0 fully saturated rings. The van der Waals surface area contributed by atoms with Crippen LogP contribution in [0.15, 0.2) is 18.2 Å². The lowest BCUT2D eigenvalue weighted by atomic mass is 10.2. The van der Waals surface area contributed by atoms with Gasteiger partial charge in [0, 0.05) is 38.1 Å². The molecule has 2 N–H and O–H groups in total. The first-order chi connectivity index (χ1) is 10.8. The summed E-state index contributed by atoms with van der Waals surface area (Å²) in [7, 11) is 0.649. The van der Waals surface area contributed by atoms with Crippen molar-refractivity contribution in [3.63, 3.8) is 0 Å². The Bertz CT molecular complexity index is 577. The van der Waals surface area contributed by atoms with Gasteiger partial charge in [-0.15, -0.1) is 0 Å². The lowest BCUT2D eigenvalue weighted by Gasteiger charge is -2.17. The van der Waals surface area contributed by atoms with Crippen molar-refractivity contribution < 1.29 is 17.7 Å². The second kappa shape index (κ2) is 10.0. The molecule has 8 heteroatoms. The van der Waals surface area contributed by atoms with Gasteiger partial charge in [0.15, 0.2) is 0 Å². The Balaban J connectivity index is 2.13. The number of nitrogens with zero attached hydrogens (tertiary/aromatic N) is 1. The Labute approximate surface area is 142 Å². The molecule has 0 aliphatic heterocycles. The first-order valence-corrected chi connectivity index (χ1v) is 10.5. The highest BCUT2D eigenvalue weighted by molar-refractivity contribution is 8.69. The maximum Gasteiger partial charge on any atom is 0.319 e. The maximum absolute atomic E-state index is 10.5. The van der Waals surface area contributed by atoms with Crippen molar-refractivity contribution in [2.75, 3.05) is 44.4 Å². The molecule has 0 bridgehead atoms. The normalized spacial score (nSPS) is 11.5. The predicted molar refractivity (Wildman–Crippen MR) is 97.1 cm³/mol. The zero-order valence-corrected chi connectivity index (χ0v) is 15.5. The number of aryl methyl sites for hydroxylation is 1. The molecule has 0 radical (unpaired) electrons. The average molecular weight is 363 g/mol. The number of anilines is 1. The van der Waals surface area contributed by atoms with Crippen molar-refractivity contribution in [3.05, 3.63) is 23.8 Å². The van der Waals surface area contributed by atoms with Gasteiger partial charge in [0.2, 0.25) is 0 Å². The van der Waals surface area contributed by atoms with Crippen LogP contribution in [0.1, 0.15) is 18.4 Å². The number of hydrogen-bond donors (Lipinski definition) is 2. The van der Waals surface area contributed by atoms with Gasteiger partial charge in [-0.05, 0) is 48.7 Å². The molecule has 0 saturated heterocycles. The van der Waals surface area contributed by atoms with E-state index in [1.807, 2.05) is 26.2 Å². The monoisotopic (exact) mass is 362 g/mol. The van der Waals surface area contributed by atoms with Crippen LogP contribution in [0.4, 0.5) is 5.69 Å². The summed E-state index contributed by atoms with van der Waals surface area (Å²) in [5.74, 6) is 1.21. The highest BCUT2D eigenvalue weighted by Crippen LogP contribution is 2.24. The standard InChI is InChI=1S/C15H26N2O4S2/c1-13-6-7-14(12-15(13)17(2)3)21-10-5-4-8-16-9-11-22-23(18,19)20/h6-7,12,16H,4-5,8-11H2,1-3H3,(H,18,19,20). The van der Waals surface area contributed by atoms with Crippen molar-refractivity contribution in [1.29, 1.82) is 0 Å². The van der Waals surface area contributed by atoms with Crippen LogP contribution in [0.25, 0.3) is 0 Å². The zero-order chi connectivity index (χ0) is 17.3. The molecule has 0 unspecified atom stereocenters. The molecular weight excluding hydrogens is 336 g/mol. The van der Waals surface area contributed by atoms with Gasteiger partial charge in [-0.2, -0.15) is 8.42 Å². The molecular formula is C15H26N2O4S2. The third-order valence-corrected chi connectivity index (χ3v) is 5.25. The first kappa shape index (κ1) is 20.1. The van der Waals surface area contributed by atoms with Crippen LogP contribution >= 0.6 is 10.8 Å². The maximum atomic E-state index is 10.5. The van der Waals surface area contributed by atoms with Gasteiger partial charge in [0.1, 0.15) is 5.75 Å². The summed E-state index contributed by atoms with van der Waals surface area (Å²) in [5.41, 5.74) is 2.37. The number of rotatable bonds is 11. The van der Waals surface area contributed by atoms with Crippen molar-refractivity contribution >= 4 is 25.6 Å². The van der Waals surface area contributed by atoms with Crippen molar-refractivity contribution in [2.24, 2.45) is 0 Å². The minimum atomic E-state index is -3.92. The third-order valence-electron chi connectivity index (χ3n) is 3.19. The van der Waals surface area contributed by atoms with E-state index in [0.717, 1.165) is 30.8 Å². The number of nitrogens with one attached hydrogen (secondary N) is 1. The zero-order valence-electron chi connectivity index (χ0n) is 13.9. The molecule has 0 aliphatic rings. The van der Waals surface area contributed by atoms with Gasteiger partial charge in [0.05, 0.1) is 6.61 Å².